The van der Waals surface area contributed by atoms with Crippen LogP contribution in [-0.4, -0.2) is 44.8 Å². The highest BCUT2D eigenvalue weighted by Crippen LogP contribution is 2.27. The molecule has 0 aliphatic carbocycles. The van der Waals surface area contributed by atoms with Gasteiger partial charge in [0.25, 0.3) is 0 Å². The van der Waals surface area contributed by atoms with Crippen LogP contribution < -0.4 is 5.32 Å². The molecule has 2 fully saturated rings. The van der Waals surface area contributed by atoms with Crippen LogP contribution in [0, 0.1) is 0 Å². The van der Waals surface area contributed by atoms with Crippen LogP contribution in [-0.2, 0) is 13.1 Å². The molecule has 2 atom stereocenters. The molecule has 2 saturated heterocycles. The number of piperidine rings is 1. The van der Waals surface area contributed by atoms with Crippen LogP contribution in [0.1, 0.15) is 44.9 Å². The van der Waals surface area contributed by atoms with Gasteiger partial charge in [0.05, 0.1) is 6.54 Å². The number of aromatic nitrogens is 3. The molecule has 1 aromatic rings. The van der Waals surface area contributed by atoms with Gasteiger partial charge in [-0.1, -0.05) is 13.3 Å². The molecule has 1 N–H and O–H groups in total. The predicted molar refractivity (Wildman–Crippen MR) is 74.8 cm³/mol. The lowest BCUT2D eigenvalue weighted by Crippen LogP contribution is -2.44. The van der Waals surface area contributed by atoms with Gasteiger partial charge in [-0.25, -0.2) is 9.67 Å². The van der Waals surface area contributed by atoms with Crippen molar-refractivity contribution in [2.75, 3.05) is 13.1 Å². The number of fused-ring (bicyclic) bond motifs is 1. The summed E-state index contributed by atoms with van der Waals surface area (Å²) in [6.45, 7) is 6.57. The van der Waals surface area contributed by atoms with Crippen LogP contribution >= 0.6 is 0 Å². The van der Waals surface area contributed by atoms with Crippen molar-refractivity contribution >= 4 is 0 Å². The monoisotopic (exact) mass is 263 g/mol. The van der Waals surface area contributed by atoms with Gasteiger partial charge in [-0.2, -0.15) is 5.10 Å². The van der Waals surface area contributed by atoms with Crippen molar-refractivity contribution < 1.29 is 0 Å². The molecule has 0 saturated carbocycles. The highest BCUT2D eigenvalue weighted by atomic mass is 15.3. The van der Waals surface area contributed by atoms with Gasteiger partial charge in [0.15, 0.2) is 0 Å². The number of rotatable bonds is 5. The van der Waals surface area contributed by atoms with E-state index in [0.29, 0.717) is 6.04 Å². The Bertz CT molecular complexity index is 402. The molecule has 1 aromatic heterocycles. The van der Waals surface area contributed by atoms with Crippen molar-refractivity contribution in [3.05, 3.63) is 12.2 Å². The zero-order valence-electron chi connectivity index (χ0n) is 11.9. The summed E-state index contributed by atoms with van der Waals surface area (Å²) < 4.78 is 2.03. The molecule has 0 radical (unpaired) electrons. The summed E-state index contributed by atoms with van der Waals surface area (Å²) in [6, 6.07) is 1.41. The van der Waals surface area contributed by atoms with Gasteiger partial charge < -0.3 is 5.32 Å². The maximum absolute atomic E-state index is 4.38. The van der Waals surface area contributed by atoms with E-state index in [1.54, 1.807) is 6.33 Å². The zero-order chi connectivity index (χ0) is 13.1. The molecule has 5 nitrogen and oxygen atoms in total. The van der Waals surface area contributed by atoms with Crippen molar-refractivity contribution in [2.24, 2.45) is 0 Å². The predicted octanol–water partition coefficient (Wildman–Crippen LogP) is 1.40. The fourth-order valence-electron chi connectivity index (χ4n) is 3.53. The molecule has 2 aliphatic heterocycles. The molecule has 2 unspecified atom stereocenters. The van der Waals surface area contributed by atoms with Crippen molar-refractivity contribution in [3.63, 3.8) is 0 Å². The first-order valence-electron chi connectivity index (χ1n) is 7.72. The van der Waals surface area contributed by atoms with E-state index < -0.39 is 0 Å². The van der Waals surface area contributed by atoms with Gasteiger partial charge in [-0.3, -0.25) is 4.90 Å². The summed E-state index contributed by atoms with van der Waals surface area (Å²) in [5.41, 5.74) is 0. The van der Waals surface area contributed by atoms with E-state index in [1.807, 2.05) is 4.68 Å². The molecular formula is C14H25N5. The van der Waals surface area contributed by atoms with E-state index >= 15 is 0 Å². The summed E-state index contributed by atoms with van der Waals surface area (Å²) >= 11 is 0. The molecular weight excluding hydrogens is 238 g/mol. The fourth-order valence-corrected chi connectivity index (χ4v) is 3.53. The Kier molecular flexibility index (Phi) is 4.13. The van der Waals surface area contributed by atoms with Gasteiger partial charge >= 0.3 is 0 Å². The van der Waals surface area contributed by atoms with E-state index in [9.17, 15) is 0 Å². The minimum Gasteiger partial charge on any atom is -0.305 e. The molecule has 3 heterocycles. The van der Waals surface area contributed by atoms with Crippen LogP contribution in [0.5, 0.6) is 0 Å². The van der Waals surface area contributed by atoms with Crippen molar-refractivity contribution in [3.8, 4) is 0 Å². The third-order valence-corrected chi connectivity index (χ3v) is 4.51. The number of nitrogens with zero attached hydrogens (tertiary/aromatic N) is 4. The summed E-state index contributed by atoms with van der Waals surface area (Å²) in [5, 5.41) is 8.00. The fraction of sp³-hybridized carbons (Fsp3) is 0.857. The normalized spacial score (nSPS) is 27.6. The van der Waals surface area contributed by atoms with E-state index in [0.717, 1.165) is 31.4 Å². The van der Waals surface area contributed by atoms with Gasteiger partial charge in [0.1, 0.15) is 12.2 Å². The first kappa shape index (κ1) is 13.1. The molecule has 2 aliphatic rings. The highest BCUT2D eigenvalue weighted by Gasteiger charge is 2.35. The number of aryl methyl sites for hydroxylation is 1. The Hall–Kier alpha value is -0.940. The van der Waals surface area contributed by atoms with Gasteiger partial charge in [0, 0.05) is 25.2 Å². The van der Waals surface area contributed by atoms with Crippen molar-refractivity contribution in [1.29, 1.82) is 0 Å². The molecule has 5 heteroatoms. The van der Waals surface area contributed by atoms with Crippen molar-refractivity contribution in [1.82, 2.24) is 25.0 Å². The molecule has 3 rings (SSSR count). The molecule has 106 valence electrons. The third kappa shape index (κ3) is 2.82. The lowest BCUT2D eigenvalue weighted by atomic mass is 9.99. The van der Waals surface area contributed by atoms with E-state index in [-0.39, 0.29) is 0 Å². The number of hydrogen-bond donors (Lipinski definition) is 1. The van der Waals surface area contributed by atoms with Crippen molar-refractivity contribution in [2.45, 2.75) is 64.2 Å². The second-order valence-electron chi connectivity index (χ2n) is 5.77. The van der Waals surface area contributed by atoms with Gasteiger partial charge in [-0.15, -0.1) is 0 Å². The van der Waals surface area contributed by atoms with Crippen LogP contribution in [0.15, 0.2) is 6.33 Å². The second kappa shape index (κ2) is 6.01. The summed E-state index contributed by atoms with van der Waals surface area (Å²) in [6.07, 6.45) is 8.20. The first-order chi connectivity index (χ1) is 9.38. The third-order valence-electron chi connectivity index (χ3n) is 4.51. The quantitative estimate of drug-likeness (QED) is 0.872. The Morgan fingerprint density at radius 2 is 2.26 bits per heavy atom. The Balaban J connectivity index is 1.55. The lowest BCUT2D eigenvalue weighted by molar-refractivity contribution is 0.180. The Labute approximate surface area is 115 Å². The van der Waals surface area contributed by atoms with Crippen LogP contribution in [0.4, 0.5) is 0 Å². The minimum absolute atomic E-state index is 0.645. The average Bonchev–Trinajstić information content (AvgIpc) is 3.04. The number of nitrogens with one attached hydrogen (secondary N) is 1. The van der Waals surface area contributed by atoms with E-state index in [1.165, 1.54) is 38.8 Å². The highest BCUT2D eigenvalue weighted by molar-refractivity contribution is 4.95. The van der Waals surface area contributed by atoms with Gasteiger partial charge in [0.2, 0.25) is 0 Å². The van der Waals surface area contributed by atoms with Crippen LogP contribution in [0.25, 0.3) is 0 Å². The van der Waals surface area contributed by atoms with Crippen LogP contribution in [0.2, 0.25) is 0 Å². The molecule has 0 amide bonds. The SMILES string of the molecule is CCCn1ncnc1CNC1CCN2CCCCC12. The first-order valence-corrected chi connectivity index (χ1v) is 7.72. The Morgan fingerprint density at radius 1 is 1.32 bits per heavy atom. The summed E-state index contributed by atoms with van der Waals surface area (Å²) in [5.74, 6) is 1.08. The molecule has 0 spiro atoms. The Morgan fingerprint density at radius 3 is 3.16 bits per heavy atom. The van der Waals surface area contributed by atoms with Crippen LogP contribution in [0.3, 0.4) is 0 Å². The van der Waals surface area contributed by atoms with E-state index in [4.69, 9.17) is 0 Å². The molecule has 0 bridgehead atoms. The smallest absolute Gasteiger partial charge is 0.140 e. The second-order valence-corrected chi connectivity index (χ2v) is 5.77. The minimum atomic E-state index is 0.645. The largest absolute Gasteiger partial charge is 0.305 e. The lowest BCUT2D eigenvalue weighted by Gasteiger charge is -2.32. The summed E-state index contributed by atoms with van der Waals surface area (Å²) in [4.78, 5) is 7.04. The topological polar surface area (TPSA) is 46.0 Å². The molecule has 19 heavy (non-hydrogen) atoms. The maximum Gasteiger partial charge on any atom is 0.140 e. The standard InChI is InChI=1S/C14H25N5/c1-2-7-19-14(16-11-17-19)10-15-12-6-9-18-8-4-3-5-13(12)18/h11-13,15H,2-10H2,1H3. The van der Waals surface area contributed by atoms with E-state index in [2.05, 4.69) is 27.2 Å². The summed E-state index contributed by atoms with van der Waals surface area (Å²) in [7, 11) is 0. The maximum atomic E-state index is 4.38. The average molecular weight is 263 g/mol. The molecule has 0 aromatic carbocycles. The zero-order valence-corrected chi connectivity index (χ0v) is 11.9. The van der Waals surface area contributed by atoms with Gasteiger partial charge in [-0.05, 0) is 32.2 Å². The number of hydrogen-bond acceptors (Lipinski definition) is 4.